The molecule has 2 aromatic rings. The Morgan fingerprint density at radius 1 is 0.962 bits per heavy atom. The molecule has 8 nitrogen and oxygen atoms in total. The van der Waals surface area contributed by atoms with E-state index in [-0.39, 0.29) is 12.5 Å². The third-order valence-corrected chi connectivity index (χ3v) is 3.70. The molecule has 0 aromatic heterocycles. The van der Waals surface area contributed by atoms with Gasteiger partial charge in [-0.15, -0.1) is 0 Å². The summed E-state index contributed by atoms with van der Waals surface area (Å²) in [7, 11) is -3.36. The Labute approximate surface area is 151 Å². The molecule has 0 bridgehead atoms. The Kier molecular flexibility index (Phi) is 6.18. The van der Waals surface area contributed by atoms with Crippen LogP contribution in [-0.4, -0.2) is 33.3 Å². The minimum Gasteiger partial charge on any atom is -0.450 e. The molecule has 3 N–H and O–H groups in total. The minimum atomic E-state index is -3.36. The zero-order chi connectivity index (χ0) is 19.2. The number of amides is 2. The largest absolute Gasteiger partial charge is 0.450 e. The highest BCUT2D eigenvalue weighted by atomic mass is 32.2. The summed E-state index contributed by atoms with van der Waals surface area (Å²) >= 11 is 0. The number of carbonyl (C=O) groups excluding carboxylic acids is 2. The fourth-order valence-corrected chi connectivity index (χ4v) is 2.63. The molecule has 0 heterocycles. The van der Waals surface area contributed by atoms with E-state index >= 15 is 0 Å². The van der Waals surface area contributed by atoms with E-state index in [4.69, 9.17) is 4.74 Å². The number of benzene rings is 2. The highest BCUT2D eigenvalue weighted by Gasteiger charge is 2.09. The van der Waals surface area contributed by atoms with Crippen LogP contribution in [0.5, 0.6) is 0 Å². The monoisotopic (exact) mass is 377 g/mol. The predicted octanol–water partition coefficient (Wildman–Crippen LogP) is 2.88. The normalized spacial score (nSPS) is 10.7. The van der Waals surface area contributed by atoms with Gasteiger partial charge in [0.05, 0.1) is 12.9 Å². The van der Waals surface area contributed by atoms with Crippen molar-refractivity contribution in [2.75, 3.05) is 28.2 Å². The molecule has 0 fully saturated rings. The number of hydrogen-bond acceptors (Lipinski definition) is 5. The number of hydrogen-bond donors (Lipinski definition) is 3. The highest BCUT2D eigenvalue weighted by molar-refractivity contribution is 7.92. The van der Waals surface area contributed by atoms with E-state index in [1.54, 1.807) is 37.3 Å². The molecule has 0 radical (unpaired) electrons. The first-order chi connectivity index (χ1) is 12.3. The lowest BCUT2D eigenvalue weighted by Crippen LogP contribution is -2.15. The summed E-state index contributed by atoms with van der Waals surface area (Å²) in [5.41, 5.74) is 1.67. The van der Waals surface area contributed by atoms with Crippen molar-refractivity contribution in [3.63, 3.8) is 0 Å². The number of nitrogens with one attached hydrogen (secondary N) is 3. The first kappa shape index (κ1) is 19.3. The van der Waals surface area contributed by atoms with E-state index < -0.39 is 16.1 Å². The van der Waals surface area contributed by atoms with Gasteiger partial charge in [0.25, 0.3) is 5.91 Å². The van der Waals surface area contributed by atoms with E-state index in [2.05, 4.69) is 15.4 Å². The van der Waals surface area contributed by atoms with Gasteiger partial charge in [-0.2, -0.15) is 0 Å². The third-order valence-electron chi connectivity index (χ3n) is 3.09. The second-order valence-corrected chi connectivity index (χ2v) is 7.08. The Balaban J connectivity index is 2.04. The van der Waals surface area contributed by atoms with Gasteiger partial charge >= 0.3 is 6.09 Å². The Bertz CT molecular complexity index is 895. The van der Waals surface area contributed by atoms with Gasteiger partial charge in [0.1, 0.15) is 0 Å². The van der Waals surface area contributed by atoms with Gasteiger partial charge < -0.3 is 10.1 Å². The molecule has 138 valence electrons. The van der Waals surface area contributed by atoms with Crippen LogP contribution in [-0.2, 0) is 14.8 Å². The number of rotatable bonds is 6. The highest BCUT2D eigenvalue weighted by Crippen LogP contribution is 2.17. The molecular formula is C17H19N3O5S. The fourth-order valence-electron chi connectivity index (χ4n) is 2.06. The lowest BCUT2D eigenvalue weighted by molar-refractivity contribution is 0.102. The molecular weight excluding hydrogens is 358 g/mol. The van der Waals surface area contributed by atoms with Crippen molar-refractivity contribution in [3.05, 3.63) is 54.1 Å². The second kappa shape index (κ2) is 8.34. The van der Waals surface area contributed by atoms with E-state index in [1.807, 2.05) is 0 Å². The molecule has 2 rings (SSSR count). The Hall–Kier alpha value is -3.07. The molecule has 0 unspecified atom stereocenters. The van der Waals surface area contributed by atoms with Gasteiger partial charge in [-0.05, 0) is 49.4 Å². The summed E-state index contributed by atoms with van der Waals surface area (Å²) in [6, 6.07) is 12.6. The lowest BCUT2D eigenvalue weighted by Gasteiger charge is -2.09. The molecule has 0 spiro atoms. The molecule has 2 aromatic carbocycles. The Morgan fingerprint density at radius 2 is 1.62 bits per heavy atom. The van der Waals surface area contributed by atoms with Crippen LogP contribution in [0.1, 0.15) is 17.3 Å². The summed E-state index contributed by atoms with van der Waals surface area (Å²) < 4.78 is 29.5. The average Bonchev–Trinajstić information content (AvgIpc) is 2.56. The number of carbonyl (C=O) groups is 2. The summed E-state index contributed by atoms with van der Waals surface area (Å²) in [6.07, 6.45) is 0.457. The van der Waals surface area contributed by atoms with Crippen molar-refractivity contribution in [1.29, 1.82) is 0 Å². The van der Waals surface area contributed by atoms with Crippen LogP contribution < -0.4 is 15.4 Å². The zero-order valence-corrected chi connectivity index (χ0v) is 15.1. The van der Waals surface area contributed by atoms with Crippen molar-refractivity contribution in [2.24, 2.45) is 0 Å². The van der Waals surface area contributed by atoms with Crippen molar-refractivity contribution < 1.29 is 22.7 Å². The van der Waals surface area contributed by atoms with E-state index in [1.165, 1.54) is 18.2 Å². The minimum absolute atomic E-state index is 0.246. The summed E-state index contributed by atoms with van der Waals surface area (Å²) in [5.74, 6) is -0.374. The van der Waals surface area contributed by atoms with Gasteiger partial charge in [0, 0.05) is 22.6 Å². The first-order valence-corrected chi connectivity index (χ1v) is 9.59. The molecule has 0 atom stereocenters. The maximum atomic E-state index is 12.3. The van der Waals surface area contributed by atoms with Gasteiger partial charge in [-0.3, -0.25) is 14.8 Å². The lowest BCUT2D eigenvalue weighted by atomic mass is 10.2. The zero-order valence-electron chi connectivity index (χ0n) is 14.3. The standard InChI is InChI=1S/C17H19N3O5S/c1-3-25-17(22)19-15-6-4-5-12(11-15)16(21)18-13-7-9-14(10-8-13)20-26(2,23)24/h4-11,20H,3H2,1-2H3,(H,18,21)(H,19,22). The van der Waals surface area contributed by atoms with Gasteiger partial charge in [0.2, 0.25) is 10.0 Å². The summed E-state index contributed by atoms with van der Waals surface area (Å²) in [5, 5.41) is 5.22. The smallest absolute Gasteiger partial charge is 0.411 e. The maximum absolute atomic E-state index is 12.3. The molecule has 0 aliphatic carbocycles. The molecule has 0 saturated carbocycles. The third kappa shape index (κ3) is 6.10. The van der Waals surface area contributed by atoms with Gasteiger partial charge in [0.15, 0.2) is 0 Å². The second-order valence-electron chi connectivity index (χ2n) is 5.33. The first-order valence-electron chi connectivity index (χ1n) is 7.70. The quantitative estimate of drug-likeness (QED) is 0.716. The van der Waals surface area contributed by atoms with Crippen LogP contribution in [0, 0.1) is 0 Å². The summed E-state index contributed by atoms with van der Waals surface area (Å²) in [4.78, 5) is 23.8. The van der Waals surface area contributed by atoms with Crippen LogP contribution in [0.4, 0.5) is 21.9 Å². The molecule has 26 heavy (non-hydrogen) atoms. The van der Waals surface area contributed by atoms with Crippen LogP contribution in [0.3, 0.4) is 0 Å². The molecule has 2 amide bonds. The predicted molar refractivity (Wildman–Crippen MR) is 99.9 cm³/mol. The fraction of sp³-hybridized carbons (Fsp3) is 0.176. The number of sulfonamides is 1. The molecule has 0 saturated heterocycles. The molecule has 0 aliphatic rings. The molecule has 0 aliphatic heterocycles. The van der Waals surface area contributed by atoms with Crippen molar-refractivity contribution in [3.8, 4) is 0 Å². The maximum Gasteiger partial charge on any atom is 0.411 e. The van der Waals surface area contributed by atoms with Gasteiger partial charge in [-0.1, -0.05) is 6.07 Å². The van der Waals surface area contributed by atoms with Crippen molar-refractivity contribution in [1.82, 2.24) is 0 Å². The summed E-state index contributed by atoms with van der Waals surface area (Å²) in [6.45, 7) is 1.94. The number of ether oxygens (including phenoxy) is 1. The average molecular weight is 377 g/mol. The van der Waals surface area contributed by atoms with Crippen LogP contribution >= 0.6 is 0 Å². The van der Waals surface area contributed by atoms with Gasteiger partial charge in [-0.25, -0.2) is 13.2 Å². The van der Waals surface area contributed by atoms with E-state index in [0.717, 1.165) is 6.26 Å². The Morgan fingerprint density at radius 3 is 2.23 bits per heavy atom. The topological polar surface area (TPSA) is 114 Å². The van der Waals surface area contributed by atoms with E-state index in [9.17, 15) is 18.0 Å². The van der Waals surface area contributed by atoms with Crippen LogP contribution in [0.15, 0.2) is 48.5 Å². The van der Waals surface area contributed by atoms with E-state index in [0.29, 0.717) is 22.6 Å². The van der Waals surface area contributed by atoms with Crippen molar-refractivity contribution in [2.45, 2.75) is 6.92 Å². The number of anilines is 3. The van der Waals surface area contributed by atoms with Crippen LogP contribution in [0.2, 0.25) is 0 Å². The van der Waals surface area contributed by atoms with Crippen LogP contribution in [0.25, 0.3) is 0 Å². The van der Waals surface area contributed by atoms with Crippen molar-refractivity contribution >= 4 is 39.1 Å². The molecule has 9 heteroatoms. The SMILES string of the molecule is CCOC(=O)Nc1cccc(C(=O)Nc2ccc(NS(C)(=O)=O)cc2)c1.